The maximum atomic E-state index is 12.2. The number of aromatic nitrogens is 2. The molecule has 5 heteroatoms. The number of nitrogens with zero attached hydrogens (tertiary/aromatic N) is 3. The van der Waals surface area contributed by atoms with E-state index in [1.54, 1.807) is 17.2 Å². The highest BCUT2D eigenvalue weighted by Crippen LogP contribution is 2.10. The largest absolute Gasteiger partial charge is 0.338 e. The molecule has 0 aliphatic rings. The molecule has 0 aromatic carbocycles. The molecule has 0 bridgehead atoms. The lowest BCUT2D eigenvalue weighted by Crippen LogP contribution is -2.31. The second-order valence-electron chi connectivity index (χ2n) is 4.11. The Bertz CT molecular complexity index is 532. The summed E-state index contributed by atoms with van der Waals surface area (Å²) in [5.41, 5.74) is 4.45. The first-order valence-corrected chi connectivity index (χ1v) is 6.40. The Morgan fingerprint density at radius 2 is 2.00 bits per heavy atom. The van der Waals surface area contributed by atoms with Gasteiger partial charge in [-0.15, -0.1) is 0 Å². The predicted molar refractivity (Wildman–Crippen MR) is 74.9 cm³/mol. The quantitative estimate of drug-likeness (QED) is 0.894. The van der Waals surface area contributed by atoms with E-state index in [0.29, 0.717) is 18.8 Å². The fourth-order valence-corrected chi connectivity index (χ4v) is 1.85. The fraction of sp³-hybridized carbons (Fsp3) is 0.286. The van der Waals surface area contributed by atoms with Crippen LogP contribution in [0.25, 0.3) is 0 Å². The molecule has 5 nitrogen and oxygen atoms in total. The molecule has 0 radical (unpaired) electrons. The third-order valence-electron chi connectivity index (χ3n) is 2.89. The van der Waals surface area contributed by atoms with Crippen LogP contribution in [0.2, 0.25) is 0 Å². The van der Waals surface area contributed by atoms with Gasteiger partial charge in [0.25, 0.3) is 5.91 Å². The highest BCUT2D eigenvalue weighted by atomic mass is 16.2. The molecular weight excluding hydrogens is 240 g/mol. The summed E-state index contributed by atoms with van der Waals surface area (Å²) in [7, 11) is 0. The van der Waals surface area contributed by atoms with Crippen molar-refractivity contribution in [1.82, 2.24) is 14.6 Å². The lowest BCUT2D eigenvalue weighted by Gasteiger charge is -2.18. The smallest absolute Gasteiger partial charge is 0.272 e. The zero-order valence-corrected chi connectivity index (χ0v) is 11.2. The predicted octanol–water partition coefficient (Wildman–Crippen LogP) is 2.24. The summed E-state index contributed by atoms with van der Waals surface area (Å²) in [6.45, 7) is 5.30. The fourth-order valence-electron chi connectivity index (χ4n) is 1.85. The van der Waals surface area contributed by atoms with Gasteiger partial charge in [0.15, 0.2) is 0 Å². The Labute approximate surface area is 112 Å². The molecule has 2 rings (SSSR count). The van der Waals surface area contributed by atoms with Crippen LogP contribution in [0.15, 0.2) is 42.9 Å². The number of carbonyl (C=O) groups excluding carboxylic acids is 1. The molecule has 0 aliphatic heterocycles. The molecule has 1 N–H and O–H groups in total. The van der Waals surface area contributed by atoms with Crippen LogP contribution < -0.4 is 5.43 Å². The van der Waals surface area contributed by atoms with Crippen molar-refractivity contribution in [3.05, 3.63) is 48.5 Å². The van der Waals surface area contributed by atoms with Crippen LogP contribution in [0.4, 0.5) is 5.69 Å². The lowest BCUT2D eigenvalue weighted by atomic mass is 10.3. The van der Waals surface area contributed by atoms with Crippen LogP contribution in [0.1, 0.15) is 24.3 Å². The monoisotopic (exact) mass is 258 g/mol. The zero-order chi connectivity index (χ0) is 13.7. The number of pyridine rings is 1. The maximum Gasteiger partial charge on any atom is 0.272 e. The summed E-state index contributed by atoms with van der Waals surface area (Å²) in [5, 5.41) is 0. The van der Waals surface area contributed by atoms with Gasteiger partial charge in [-0.1, -0.05) is 0 Å². The summed E-state index contributed by atoms with van der Waals surface area (Å²) in [5.74, 6) is -0.0406. The second kappa shape index (κ2) is 6.04. The Morgan fingerprint density at radius 3 is 2.63 bits per heavy atom. The SMILES string of the molecule is CCN(CC)C(=O)c1cc(Nn2cccc2)ccn1. The van der Waals surface area contributed by atoms with Crippen molar-refractivity contribution >= 4 is 11.6 Å². The van der Waals surface area contributed by atoms with Gasteiger partial charge in [0.05, 0.1) is 5.69 Å². The van der Waals surface area contributed by atoms with Crippen LogP contribution >= 0.6 is 0 Å². The number of anilines is 1. The van der Waals surface area contributed by atoms with Crippen molar-refractivity contribution in [3.63, 3.8) is 0 Å². The molecular formula is C14H18N4O. The van der Waals surface area contributed by atoms with Crippen molar-refractivity contribution in [1.29, 1.82) is 0 Å². The molecule has 0 spiro atoms. The summed E-state index contributed by atoms with van der Waals surface area (Å²) in [4.78, 5) is 18.1. The third kappa shape index (κ3) is 3.13. The first-order chi connectivity index (χ1) is 9.24. The normalized spacial score (nSPS) is 10.2. The molecule has 2 aromatic rings. The molecule has 0 fully saturated rings. The number of hydrogen-bond donors (Lipinski definition) is 1. The lowest BCUT2D eigenvalue weighted by molar-refractivity contribution is 0.0767. The van der Waals surface area contributed by atoms with Crippen molar-refractivity contribution in [2.45, 2.75) is 13.8 Å². The van der Waals surface area contributed by atoms with Crippen LogP contribution in [0, 0.1) is 0 Å². The molecule has 0 saturated heterocycles. The molecule has 2 aromatic heterocycles. The van der Waals surface area contributed by atoms with Gasteiger partial charge in [0.2, 0.25) is 0 Å². The first kappa shape index (κ1) is 13.1. The van der Waals surface area contributed by atoms with Gasteiger partial charge in [-0.2, -0.15) is 0 Å². The van der Waals surface area contributed by atoms with E-state index in [0.717, 1.165) is 5.69 Å². The topological polar surface area (TPSA) is 50.2 Å². The average Bonchev–Trinajstić information content (AvgIpc) is 2.93. The van der Waals surface area contributed by atoms with E-state index in [4.69, 9.17) is 0 Å². The number of carbonyl (C=O) groups is 1. The molecule has 1 amide bonds. The summed E-state index contributed by atoms with van der Waals surface area (Å²) in [6.07, 6.45) is 5.43. The zero-order valence-electron chi connectivity index (χ0n) is 11.2. The van der Waals surface area contributed by atoms with Crippen molar-refractivity contribution in [3.8, 4) is 0 Å². The van der Waals surface area contributed by atoms with E-state index in [-0.39, 0.29) is 5.91 Å². The van der Waals surface area contributed by atoms with Gasteiger partial charge >= 0.3 is 0 Å². The first-order valence-electron chi connectivity index (χ1n) is 6.40. The Kier molecular flexibility index (Phi) is 4.18. The van der Waals surface area contributed by atoms with Crippen LogP contribution in [-0.4, -0.2) is 33.6 Å². The summed E-state index contributed by atoms with van der Waals surface area (Å²) < 4.78 is 1.82. The van der Waals surface area contributed by atoms with Crippen LogP contribution in [-0.2, 0) is 0 Å². The van der Waals surface area contributed by atoms with Gasteiger partial charge in [-0.3, -0.25) is 19.9 Å². The van der Waals surface area contributed by atoms with E-state index >= 15 is 0 Å². The van der Waals surface area contributed by atoms with Crippen LogP contribution in [0.3, 0.4) is 0 Å². The average molecular weight is 258 g/mol. The minimum atomic E-state index is -0.0406. The molecule has 0 atom stereocenters. The Balaban J connectivity index is 2.17. The number of amides is 1. The molecule has 0 aliphatic carbocycles. The van der Waals surface area contributed by atoms with E-state index in [1.165, 1.54) is 0 Å². The number of hydrogen-bond acceptors (Lipinski definition) is 3. The van der Waals surface area contributed by atoms with Gasteiger partial charge < -0.3 is 4.90 Å². The third-order valence-corrected chi connectivity index (χ3v) is 2.89. The Morgan fingerprint density at radius 1 is 1.32 bits per heavy atom. The molecule has 0 saturated carbocycles. The summed E-state index contributed by atoms with van der Waals surface area (Å²) >= 11 is 0. The van der Waals surface area contributed by atoms with Crippen molar-refractivity contribution in [2.75, 3.05) is 18.5 Å². The maximum absolute atomic E-state index is 12.2. The standard InChI is InChI=1S/C14H18N4O/c1-3-17(4-2)14(19)13-11-12(7-8-15-13)16-18-9-5-6-10-18/h5-11H,3-4H2,1-2H3,(H,15,16). The Hall–Kier alpha value is -2.30. The highest BCUT2D eigenvalue weighted by Gasteiger charge is 2.13. The number of rotatable bonds is 5. The van der Waals surface area contributed by atoms with E-state index in [2.05, 4.69) is 10.4 Å². The van der Waals surface area contributed by atoms with Gasteiger partial charge in [0, 0.05) is 31.7 Å². The van der Waals surface area contributed by atoms with Crippen molar-refractivity contribution < 1.29 is 4.79 Å². The van der Waals surface area contributed by atoms with Gasteiger partial charge in [-0.25, -0.2) is 0 Å². The minimum Gasteiger partial charge on any atom is -0.338 e. The summed E-state index contributed by atoms with van der Waals surface area (Å²) in [6, 6.07) is 7.45. The molecule has 0 unspecified atom stereocenters. The van der Waals surface area contributed by atoms with Gasteiger partial charge in [-0.05, 0) is 38.1 Å². The second-order valence-corrected chi connectivity index (χ2v) is 4.11. The molecule has 2 heterocycles. The van der Waals surface area contributed by atoms with Crippen LogP contribution in [0.5, 0.6) is 0 Å². The number of nitrogens with one attached hydrogen (secondary N) is 1. The highest BCUT2D eigenvalue weighted by molar-refractivity contribution is 5.93. The minimum absolute atomic E-state index is 0.0406. The van der Waals surface area contributed by atoms with Gasteiger partial charge in [0.1, 0.15) is 5.69 Å². The van der Waals surface area contributed by atoms with Crippen molar-refractivity contribution in [2.24, 2.45) is 0 Å². The van der Waals surface area contributed by atoms with E-state index in [9.17, 15) is 4.79 Å². The molecule has 19 heavy (non-hydrogen) atoms. The van der Waals surface area contributed by atoms with E-state index in [1.807, 2.05) is 49.1 Å². The molecule has 100 valence electrons. The van der Waals surface area contributed by atoms with E-state index < -0.39 is 0 Å².